The number of fused-ring (bicyclic) bond motifs is 3. The summed E-state index contributed by atoms with van der Waals surface area (Å²) in [7, 11) is 4.88. The molecule has 1 saturated heterocycles. The van der Waals surface area contributed by atoms with Gasteiger partial charge in [-0.1, -0.05) is 11.6 Å². The number of amides is 3. The molecule has 0 aliphatic carbocycles. The molecule has 174 valence electrons. The highest BCUT2D eigenvalue weighted by Gasteiger charge is 2.40. The Morgan fingerprint density at radius 3 is 2.64 bits per heavy atom. The lowest BCUT2D eigenvalue weighted by molar-refractivity contribution is -0.123. The fraction of sp³-hybridized carbons (Fsp3) is 0.375. The monoisotopic (exact) mass is 470 g/mol. The first-order valence-corrected chi connectivity index (χ1v) is 11.2. The van der Waals surface area contributed by atoms with Crippen molar-refractivity contribution in [3.05, 3.63) is 47.0 Å². The molecule has 0 aromatic heterocycles. The first-order valence-electron chi connectivity index (χ1n) is 10.9. The van der Waals surface area contributed by atoms with Crippen molar-refractivity contribution in [2.75, 3.05) is 49.4 Å². The third kappa shape index (κ3) is 4.48. The number of ether oxygens (including phenoxy) is 1. The van der Waals surface area contributed by atoms with Crippen molar-refractivity contribution < 1.29 is 19.1 Å². The zero-order valence-electron chi connectivity index (χ0n) is 18.9. The highest BCUT2D eigenvalue weighted by molar-refractivity contribution is 6.32. The lowest BCUT2D eigenvalue weighted by Gasteiger charge is -2.45. The van der Waals surface area contributed by atoms with E-state index in [2.05, 4.69) is 10.2 Å². The average Bonchev–Trinajstić information content (AvgIpc) is 2.81. The molecule has 2 heterocycles. The number of hydrogen-bond donors (Lipinski definition) is 1. The van der Waals surface area contributed by atoms with Crippen molar-refractivity contribution in [3.63, 3.8) is 0 Å². The molecule has 1 N–H and O–H groups in total. The fourth-order valence-electron chi connectivity index (χ4n) is 4.40. The molecule has 0 bridgehead atoms. The van der Waals surface area contributed by atoms with Gasteiger partial charge in [-0.15, -0.1) is 0 Å². The van der Waals surface area contributed by atoms with E-state index < -0.39 is 0 Å². The number of benzene rings is 2. The topological polar surface area (TPSA) is 82.2 Å². The summed E-state index contributed by atoms with van der Waals surface area (Å²) in [4.78, 5) is 44.0. The van der Waals surface area contributed by atoms with Gasteiger partial charge in [-0.2, -0.15) is 0 Å². The Labute approximate surface area is 198 Å². The second-order valence-electron chi connectivity index (χ2n) is 8.43. The summed E-state index contributed by atoms with van der Waals surface area (Å²) in [6, 6.07) is 10.0. The molecular formula is C24H27ClN4O4. The summed E-state index contributed by atoms with van der Waals surface area (Å²) in [6.07, 6.45) is 2.70. The van der Waals surface area contributed by atoms with E-state index in [4.69, 9.17) is 16.3 Å². The number of hydrogen-bond acceptors (Lipinski definition) is 5. The van der Waals surface area contributed by atoms with Crippen molar-refractivity contribution in [2.24, 2.45) is 0 Å². The summed E-state index contributed by atoms with van der Waals surface area (Å²) in [5.41, 5.74) is 2.42. The third-order valence-electron chi connectivity index (χ3n) is 6.02. The molecule has 0 saturated carbocycles. The molecule has 2 aromatic rings. The molecule has 33 heavy (non-hydrogen) atoms. The Morgan fingerprint density at radius 1 is 1.15 bits per heavy atom. The first kappa shape index (κ1) is 22.9. The van der Waals surface area contributed by atoms with Crippen LogP contribution in [0.15, 0.2) is 36.4 Å². The summed E-state index contributed by atoms with van der Waals surface area (Å²) in [6.45, 7) is 0.605. The molecular weight excluding hydrogens is 444 g/mol. The van der Waals surface area contributed by atoms with Gasteiger partial charge in [0, 0.05) is 31.9 Å². The Hall–Kier alpha value is -3.26. The van der Waals surface area contributed by atoms with Crippen LogP contribution in [0.3, 0.4) is 0 Å². The van der Waals surface area contributed by atoms with Crippen LogP contribution < -0.4 is 19.9 Å². The molecule has 8 nitrogen and oxygen atoms in total. The highest BCUT2D eigenvalue weighted by Crippen LogP contribution is 2.40. The maximum absolute atomic E-state index is 13.4. The van der Waals surface area contributed by atoms with Crippen LogP contribution in [0.2, 0.25) is 5.02 Å². The molecule has 2 aromatic carbocycles. The second kappa shape index (κ2) is 9.31. The number of piperidine rings is 1. The number of methoxy groups -OCH3 is 1. The molecule has 1 fully saturated rings. The number of rotatable bonds is 5. The van der Waals surface area contributed by atoms with Crippen molar-refractivity contribution in [3.8, 4) is 5.75 Å². The van der Waals surface area contributed by atoms with Gasteiger partial charge in [-0.05, 0) is 55.7 Å². The average molecular weight is 471 g/mol. The van der Waals surface area contributed by atoms with Crippen molar-refractivity contribution in [2.45, 2.75) is 25.3 Å². The Bertz CT molecular complexity index is 1100. The highest BCUT2D eigenvalue weighted by atomic mass is 35.5. The predicted molar refractivity (Wildman–Crippen MR) is 128 cm³/mol. The lowest BCUT2D eigenvalue weighted by Crippen LogP contribution is -2.56. The van der Waals surface area contributed by atoms with Crippen molar-refractivity contribution in [1.82, 2.24) is 4.90 Å². The number of anilines is 3. The maximum Gasteiger partial charge on any atom is 0.253 e. The molecule has 1 atom stereocenters. The van der Waals surface area contributed by atoms with Gasteiger partial charge in [0.05, 0.1) is 23.5 Å². The van der Waals surface area contributed by atoms with Gasteiger partial charge in [0.25, 0.3) is 5.91 Å². The Kier molecular flexibility index (Phi) is 6.47. The zero-order chi connectivity index (χ0) is 23.7. The van der Waals surface area contributed by atoms with E-state index in [0.717, 1.165) is 31.5 Å². The smallest absolute Gasteiger partial charge is 0.253 e. The Balaban J connectivity index is 1.64. The molecule has 0 spiro atoms. The maximum atomic E-state index is 13.4. The van der Waals surface area contributed by atoms with Crippen LogP contribution in [0.25, 0.3) is 0 Å². The number of carbonyl (C=O) groups is 3. The van der Waals surface area contributed by atoms with Gasteiger partial charge < -0.3 is 19.9 Å². The van der Waals surface area contributed by atoms with Crippen LogP contribution in [0.5, 0.6) is 5.75 Å². The van der Waals surface area contributed by atoms with E-state index in [-0.39, 0.29) is 30.3 Å². The Morgan fingerprint density at radius 2 is 1.94 bits per heavy atom. The van der Waals surface area contributed by atoms with Crippen LogP contribution in [0.1, 0.15) is 29.6 Å². The normalized spacial score (nSPS) is 17.2. The van der Waals surface area contributed by atoms with Crippen molar-refractivity contribution >= 4 is 46.4 Å². The number of nitrogens with one attached hydrogen (secondary N) is 1. The largest absolute Gasteiger partial charge is 0.495 e. The molecule has 0 radical (unpaired) electrons. The summed E-state index contributed by atoms with van der Waals surface area (Å²) < 4.78 is 5.14. The molecule has 2 aliphatic heterocycles. The SMILES string of the molecule is COc1ccc(NC(=O)CN2C(=O)[C@@H]3CCCCN3c3ccc(C(=O)N(C)C)cc32)cc1Cl. The standard InChI is InChI=1S/C24H27ClN4O4/c1-27(2)23(31)15-7-9-18-20(12-15)29(24(32)19-6-4-5-11-28(18)19)14-22(30)26-16-8-10-21(33-3)17(25)13-16/h7-10,12-13,19H,4-6,11,14H2,1-3H3,(H,26,30)/t19-/m0/s1. The van der Waals surface area contributed by atoms with Crippen LogP contribution in [0, 0.1) is 0 Å². The van der Waals surface area contributed by atoms with Gasteiger partial charge in [-0.25, -0.2) is 0 Å². The molecule has 9 heteroatoms. The summed E-state index contributed by atoms with van der Waals surface area (Å²) in [5, 5.41) is 3.17. The second-order valence-corrected chi connectivity index (χ2v) is 8.84. The minimum atomic E-state index is -0.357. The van der Waals surface area contributed by atoms with Crippen LogP contribution in [-0.4, -0.2) is 63.0 Å². The summed E-state index contributed by atoms with van der Waals surface area (Å²) >= 11 is 6.16. The molecule has 0 unspecified atom stereocenters. The van der Waals surface area contributed by atoms with Crippen LogP contribution >= 0.6 is 11.6 Å². The van der Waals surface area contributed by atoms with E-state index >= 15 is 0 Å². The van der Waals surface area contributed by atoms with E-state index in [1.54, 1.807) is 44.4 Å². The molecule has 4 rings (SSSR count). The number of nitrogens with zero attached hydrogens (tertiary/aromatic N) is 3. The van der Waals surface area contributed by atoms with E-state index in [0.29, 0.717) is 27.7 Å². The van der Waals surface area contributed by atoms with Gasteiger partial charge in [0.1, 0.15) is 18.3 Å². The first-order chi connectivity index (χ1) is 15.8. The molecule has 2 aliphatic rings. The molecule has 3 amide bonds. The van der Waals surface area contributed by atoms with Gasteiger partial charge in [0.15, 0.2) is 0 Å². The lowest BCUT2D eigenvalue weighted by atomic mass is 9.95. The number of halogens is 1. The minimum absolute atomic E-state index is 0.125. The zero-order valence-corrected chi connectivity index (χ0v) is 19.7. The van der Waals surface area contributed by atoms with Crippen LogP contribution in [0.4, 0.5) is 17.1 Å². The van der Waals surface area contributed by atoms with Gasteiger partial charge >= 0.3 is 0 Å². The van der Waals surface area contributed by atoms with E-state index in [1.165, 1.54) is 16.9 Å². The fourth-order valence-corrected chi connectivity index (χ4v) is 4.66. The number of carbonyl (C=O) groups excluding carboxylic acids is 3. The quantitative estimate of drug-likeness (QED) is 0.724. The van der Waals surface area contributed by atoms with Gasteiger partial charge in [0.2, 0.25) is 11.8 Å². The third-order valence-corrected chi connectivity index (χ3v) is 6.32. The van der Waals surface area contributed by atoms with Crippen molar-refractivity contribution in [1.29, 1.82) is 0 Å². The predicted octanol–water partition coefficient (Wildman–Crippen LogP) is 3.39. The summed E-state index contributed by atoms with van der Waals surface area (Å²) in [5.74, 6) is -0.141. The van der Waals surface area contributed by atoms with E-state index in [9.17, 15) is 14.4 Å². The van der Waals surface area contributed by atoms with E-state index in [1.807, 2.05) is 6.07 Å². The minimum Gasteiger partial charge on any atom is -0.495 e. The van der Waals surface area contributed by atoms with Crippen LogP contribution in [-0.2, 0) is 9.59 Å². The van der Waals surface area contributed by atoms with Gasteiger partial charge in [-0.3, -0.25) is 19.3 Å².